The quantitative estimate of drug-likeness (QED) is 0.428. The maximum Gasteiger partial charge on any atom is 0.251 e. The predicted octanol–water partition coefficient (Wildman–Crippen LogP) is 4.40. The topological polar surface area (TPSA) is 65.4 Å². The molecule has 164 valence electrons. The number of imidazole rings is 1. The number of methoxy groups -OCH3 is 1. The van der Waals surface area contributed by atoms with Gasteiger partial charge in [-0.1, -0.05) is 35.9 Å². The van der Waals surface area contributed by atoms with Gasteiger partial charge in [0, 0.05) is 18.5 Å². The molecule has 6 nitrogen and oxygen atoms in total. The molecule has 32 heavy (non-hydrogen) atoms. The first-order valence-corrected chi connectivity index (χ1v) is 10.7. The highest BCUT2D eigenvalue weighted by atomic mass is 16.5. The van der Waals surface area contributed by atoms with Crippen molar-refractivity contribution in [1.29, 1.82) is 0 Å². The molecule has 1 heterocycles. The molecule has 0 saturated heterocycles. The second-order valence-electron chi connectivity index (χ2n) is 7.57. The van der Waals surface area contributed by atoms with Gasteiger partial charge in [0.05, 0.1) is 24.7 Å². The molecule has 3 aromatic carbocycles. The van der Waals surface area contributed by atoms with Gasteiger partial charge in [0.1, 0.15) is 23.9 Å². The van der Waals surface area contributed by atoms with Crippen molar-refractivity contribution in [3.63, 3.8) is 0 Å². The molecule has 0 spiro atoms. The summed E-state index contributed by atoms with van der Waals surface area (Å²) in [6.45, 7) is 3.75. The Morgan fingerprint density at radius 3 is 2.62 bits per heavy atom. The van der Waals surface area contributed by atoms with Crippen molar-refractivity contribution in [2.45, 2.75) is 19.9 Å². The molecule has 0 radical (unpaired) electrons. The highest BCUT2D eigenvalue weighted by Crippen LogP contribution is 2.18. The maximum absolute atomic E-state index is 12.5. The van der Waals surface area contributed by atoms with Crippen molar-refractivity contribution < 1.29 is 14.3 Å². The summed E-state index contributed by atoms with van der Waals surface area (Å²) in [6.07, 6.45) is 0.620. The second-order valence-corrected chi connectivity index (χ2v) is 7.57. The Kier molecular flexibility index (Phi) is 6.70. The van der Waals surface area contributed by atoms with Gasteiger partial charge in [0.15, 0.2) is 0 Å². The van der Waals surface area contributed by atoms with Crippen LogP contribution in [0.3, 0.4) is 0 Å². The third-order valence-corrected chi connectivity index (χ3v) is 5.30. The SMILES string of the molecule is COc1cccc(C(=O)NCCc2nc3ccccc3n2CCOc2ccc(C)cc2)c1. The number of rotatable bonds is 9. The summed E-state index contributed by atoms with van der Waals surface area (Å²) < 4.78 is 13.3. The number of benzene rings is 3. The number of carbonyl (C=O) groups excluding carboxylic acids is 1. The number of ether oxygens (including phenoxy) is 2. The lowest BCUT2D eigenvalue weighted by molar-refractivity contribution is 0.0953. The van der Waals surface area contributed by atoms with Crippen LogP contribution in [0.1, 0.15) is 21.7 Å². The first kappa shape index (κ1) is 21.4. The van der Waals surface area contributed by atoms with E-state index in [1.54, 1.807) is 25.3 Å². The number of amides is 1. The number of para-hydroxylation sites is 2. The van der Waals surface area contributed by atoms with E-state index < -0.39 is 0 Å². The Hall–Kier alpha value is -3.80. The highest BCUT2D eigenvalue weighted by Gasteiger charge is 2.12. The van der Waals surface area contributed by atoms with Gasteiger partial charge in [0.2, 0.25) is 0 Å². The summed E-state index contributed by atoms with van der Waals surface area (Å²) in [4.78, 5) is 17.3. The summed E-state index contributed by atoms with van der Waals surface area (Å²) in [7, 11) is 1.59. The number of hydrogen-bond acceptors (Lipinski definition) is 4. The molecule has 0 bridgehead atoms. The summed E-state index contributed by atoms with van der Waals surface area (Å²) >= 11 is 0. The Bertz CT molecular complexity index is 1200. The molecule has 0 aliphatic carbocycles. The largest absolute Gasteiger partial charge is 0.497 e. The lowest BCUT2D eigenvalue weighted by Crippen LogP contribution is -2.26. The van der Waals surface area contributed by atoms with Crippen molar-refractivity contribution in [2.24, 2.45) is 0 Å². The number of hydrogen-bond donors (Lipinski definition) is 1. The molecular formula is C26H27N3O3. The first-order chi connectivity index (χ1) is 15.6. The number of nitrogens with zero attached hydrogens (tertiary/aromatic N) is 2. The molecular weight excluding hydrogens is 402 g/mol. The van der Waals surface area contributed by atoms with Crippen molar-refractivity contribution in [2.75, 3.05) is 20.3 Å². The van der Waals surface area contributed by atoms with Crippen molar-refractivity contribution >= 4 is 16.9 Å². The monoisotopic (exact) mass is 429 g/mol. The molecule has 1 aromatic heterocycles. The molecule has 6 heteroatoms. The van der Waals surface area contributed by atoms with Gasteiger partial charge in [0.25, 0.3) is 5.91 Å². The van der Waals surface area contributed by atoms with Crippen LogP contribution >= 0.6 is 0 Å². The minimum absolute atomic E-state index is 0.130. The zero-order valence-electron chi connectivity index (χ0n) is 18.4. The Labute approximate surface area is 187 Å². The minimum Gasteiger partial charge on any atom is -0.497 e. The second kappa shape index (κ2) is 10.0. The Morgan fingerprint density at radius 1 is 1.00 bits per heavy atom. The standard InChI is InChI=1S/C26H27N3O3/c1-19-10-12-21(13-11-19)32-17-16-29-24-9-4-3-8-23(24)28-25(29)14-15-27-26(30)20-6-5-7-22(18-20)31-2/h3-13,18H,14-17H2,1-2H3,(H,27,30). The fraction of sp³-hybridized carbons (Fsp3) is 0.231. The Morgan fingerprint density at radius 2 is 1.81 bits per heavy atom. The van der Waals surface area contributed by atoms with E-state index >= 15 is 0 Å². The molecule has 0 fully saturated rings. The van der Waals surface area contributed by atoms with Gasteiger partial charge in [-0.05, 0) is 49.4 Å². The fourth-order valence-corrected chi connectivity index (χ4v) is 3.61. The van der Waals surface area contributed by atoms with Gasteiger partial charge >= 0.3 is 0 Å². The van der Waals surface area contributed by atoms with E-state index in [0.29, 0.717) is 37.4 Å². The molecule has 4 rings (SSSR count). The molecule has 0 aliphatic heterocycles. The normalized spacial score (nSPS) is 10.8. The van der Waals surface area contributed by atoms with Crippen LogP contribution in [0.4, 0.5) is 0 Å². The molecule has 0 unspecified atom stereocenters. The molecule has 1 N–H and O–H groups in total. The van der Waals surface area contributed by atoms with Crippen LogP contribution in [0.5, 0.6) is 11.5 Å². The van der Waals surface area contributed by atoms with Crippen molar-refractivity contribution in [3.05, 3.63) is 89.7 Å². The van der Waals surface area contributed by atoms with Gasteiger partial charge in [-0.3, -0.25) is 4.79 Å². The van der Waals surface area contributed by atoms with Gasteiger partial charge in [-0.25, -0.2) is 4.98 Å². The maximum atomic E-state index is 12.5. The van der Waals surface area contributed by atoms with Gasteiger partial charge in [-0.15, -0.1) is 0 Å². The van der Waals surface area contributed by atoms with Crippen LogP contribution in [0.2, 0.25) is 0 Å². The molecule has 4 aromatic rings. The van der Waals surface area contributed by atoms with Crippen molar-refractivity contribution in [3.8, 4) is 11.5 Å². The molecule has 0 saturated carbocycles. The summed E-state index contributed by atoms with van der Waals surface area (Å²) in [5, 5.41) is 2.98. The van der Waals surface area contributed by atoms with Crippen LogP contribution in [0.15, 0.2) is 72.8 Å². The van der Waals surface area contributed by atoms with E-state index in [9.17, 15) is 4.79 Å². The number of nitrogens with one attached hydrogen (secondary N) is 1. The van der Waals surface area contributed by atoms with E-state index in [2.05, 4.69) is 22.9 Å². The predicted molar refractivity (Wildman–Crippen MR) is 125 cm³/mol. The number of fused-ring (bicyclic) bond motifs is 1. The first-order valence-electron chi connectivity index (χ1n) is 10.7. The van der Waals surface area contributed by atoms with E-state index in [-0.39, 0.29) is 5.91 Å². The smallest absolute Gasteiger partial charge is 0.251 e. The average Bonchev–Trinajstić information content (AvgIpc) is 3.17. The third-order valence-electron chi connectivity index (χ3n) is 5.30. The molecule has 1 amide bonds. The molecule has 0 aliphatic rings. The van der Waals surface area contributed by atoms with Crippen LogP contribution in [-0.4, -0.2) is 35.7 Å². The third kappa shape index (κ3) is 5.09. The highest BCUT2D eigenvalue weighted by molar-refractivity contribution is 5.94. The van der Waals surface area contributed by atoms with E-state index in [1.807, 2.05) is 48.5 Å². The van der Waals surface area contributed by atoms with Crippen LogP contribution in [0, 0.1) is 6.92 Å². The summed E-state index contributed by atoms with van der Waals surface area (Å²) in [5.41, 5.74) is 3.78. The molecule has 0 atom stereocenters. The lowest BCUT2D eigenvalue weighted by Gasteiger charge is -2.12. The van der Waals surface area contributed by atoms with Crippen LogP contribution in [0.25, 0.3) is 11.0 Å². The van der Waals surface area contributed by atoms with Crippen molar-refractivity contribution in [1.82, 2.24) is 14.9 Å². The van der Waals surface area contributed by atoms with E-state index in [4.69, 9.17) is 14.5 Å². The number of aryl methyl sites for hydroxylation is 1. The summed E-state index contributed by atoms with van der Waals surface area (Å²) in [5.74, 6) is 2.30. The zero-order chi connectivity index (χ0) is 22.3. The number of carbonyl (C=O) groups is 1. The van der Waals surface area contributed by atoms with E-state index in [1.165, 1.54) is 5.56 Å². The number of aromatic nitrogens is 2. The van der Waals surface area contributed by atoms with Gasteiger partial charge in [-0.2, -0.15) is 0 Å². The summed E-state index contributed by atoms with van der Waals surface area (Å²) in [6, 6.07) is 23.2. The zero-order valence-corrected chi connectivity index (χ0v) is 18.4. The van der Waals surface area contributed by atoms with Gasteiger partial charge < -0.3 is 19.4 Å². The van der Waals surface area contributed by atoms with E-state index in [0.717, 1.165) is 22.6 Å². The average molecular weight is 430 g/mol. The fourth-order valence-electron chi connectivity index (χ4n) is 3.61. The van der Waals surface area contributed by atoms with Crippen LogP contribution in [-0.2, 0) is 13.0 Å². The Balaban J connectivity index is 1.41. The van der Waals surface area contributed by atoms with Crippen LogP contribution < -0.4 is 14.8 Å². The minimum atomic E-state index is -0.130. The lowest BCUT2D eigenvalue weighted by atomic mass is 10.2.